The molecule has 0 fully saturated rings. The van der Waals surface area contributed by atoms with Gasteiger partial charge in [-0.25, -0.2) is 0 Å². The lowest BCUT2D eigenvalue weighted by atomic mass is 10.1. The third-order valence-electron chi connectivity index (χ3n) is 4.10. The van der Waals surface area contributed by atoms with Crippen LogP contribution in [0, 0.1) is 0 Å². The molecule has 0 saturated carbocycles. The molecular weight excluding hydrogens is 350 g/mol. The van der Waals surface area contributed by atoms with E-state index < -0.39 is 0 Å². The molecule has 0 aliphatic heterocycles. The van der Waals surface area contributed by atoms with E-state index in [0.717, 1.165) is 17.1 Å². The van der Waals surface area contributed by atoms with Crippen LogP contribution in [0.2, 0.25) is 0 Å². The van der Waals surface area contributed by atoms with E-state index in [2.05, 4.69) is 5.32 Å². The molecule has 0 heterocycles. The molecule has 0 saturated heterocycles. The fourth-order valence-corrected chi connectivity index (χ4v) is 2.68. The summed E-state index contributed by atoms with van der Waals surface area (Å²) in [6.07, 6.45) is 0.614. The van der Waals surface area contributed by atoms with Crippen molar-refractivity contribution in [3.05, 3.63) is 41.5 Å². The highest BCUT2D eigenvalue weighted by Crippen LogP contribution is 2.38. The van der Waals surface area contributed by atoms with Crippen molar-refractivity contribution >= 4 is 5.91 Å². The van der Waals surface area contributed by atoms with Gasteiger partial charge in [-0.05, 0) is 30.2 Å². The largest absolute Gasteiger partial charge is 0.497 e. The average Bonchev–Trinajstić information content (AvgIpc) is 2.72. The molecule has 2 aromatic carbocycles. The van der Waals surface area contributed by atoms with Crippen molar-refractivity contribution in [2.24, 2.45) is 0 Å². The average molecular weight is 375 g/mol. The predicted octanol–water partition coefficient (Wildman–Crippen LogP) is 2.70. The Bertz CT molecular complexity index is 765. The van der Waals surface area contributed by atoms with Crippen LogP contribution in [-0.4, -0.2) is 48.0 Å². The molecule has 27 heavy (non-hydrogen) atoms. The predicted molar refractivity (Wildman–Crippen MR) is 102 cm³/mol. The molecule has 0 unspecified atom stereocenters. The van der Waals surface area contributed by atoms with Gasteiger partial charge in [0.1, 0.15) is 11.5 Å². The van der Waals surface area contributed by atoms with Crippen molar-refractivity contribution in [3.8, 4) is 28.7 Å². The van der Waals surface area contributed by atoms with Gasteiger partial charge in [-0.3, -0.25) is 4.79 Å². The number of rotatable bonds is 9. The molecule has 7 nitrogen and oxygen atoms in total. The Labute approximate surface area is 159 Å². The van der Waals surface area contributed by atoms with E-state index in [1.807, 2.05) is 18.2 Å². The number of carbonyl (C=O) groups excluding carboxylic acids is 1. The van der Waals surface area contributed by atoms with Gasteiger partial charge in [0.15, 0.2) is 11.5 Å². The number of benzene rings is 2. The lowest BCUT2D eigenvalue weighted by Gasteiger charge is -2.14. The molecule has 1 amide bonds. The second kappa shape index (κ2) is 9.56. The molecule has 0 aliphatic rings. The summed E-state index contributed by atoms with van der Waals surface area (Å²) in [6, 6.07) is 8.83. The molecule has 2 rings (SSSR count). The Morgan fingerprint density at radius 3 is 1.96 bits per heavy atom. The number of nitrogens with one attached hydrogen (secondary N) is 1. The minimum atomic E-state index is -0.235. The molecule has 0 radical (unpaired) electrons. The highest BCUT2D eigenvalue weighted by atomic mass is 16.5. The van der Waals surface area contributed by atoms with Crippen LogP contribution in [-0.2, 0) is 6.42 Å². The van der Waals surface area contributed by atoms with Gasteiger partial charge in [-0.15, -0.1) is 0 Å². The maximum absolute atomic E-state index is 12.5. The van der Waals surface area contributed by atoms with Crippen LogP contribution in [0.25, 0.3) is 0 Å². The summed E-state index contributed by atoms with van der Waals surface area (Å²) in [5.74, 6) is 2.51. The maximum atomic E-state index is 12.5. The van der Waals surface area contributed by atoms with Gasteiger partial charge in [-0.2, -0.15) is 0 Å². The van der Waals surface area contributed by atoms with Crippen molar-refractivity contribution in [2.75, 3.05) is 42.1 Å². The van der Waals surface area contributed by atoms with Crippen LogP contribution >= 0.6 is 0 Å². The number of carbonyl (C=O) groups is 1. The molecular formula is C20H25NO6. The summed E-state index contributed by atoms with van der Waals surface area (Å²) in [4.78, 5) is 12.5. The first-order valence-electron chi connectivity index (χ1n) is 8.37. The second-order valence-electron chi connectivity index (χ2n) is 5.60. The zero-order chi connectivity index (χ0) is 19.8. The highest BCUT2D eigenvalue weighted by molar-refractivity contribution is 5.95. The van der Waals surface area contributed by atoms with Crippen LogP contribution in [0.5, 0.6) is 28.7 Å². The fraction of sp³-hybridized carbons (Fsp3) is 0.350. The zero-order valence-corrected chi connectivity index (χ0v) is 16.3. The van der Waals surface area contributed by atoms with Crippen molar-refractivity contribution < 1.29 is 28.5 Å². The summed E-state index contributed by atoms with van der Waals surface area (Å²) in [5, 5.41) is 2.89. The van der Waals surface area contributed by atoms with E-state index in [4.69, 9.17) is 23.7 Å². The Kier molecular flexibility index (Phi) is 7.16. The minimum Gasteiger partial charge on any atom is -0.497 e. The van der Waals surface area contributed by atoms with Crippen LogP contribution < -0.4 is 29.0 Å². The lowest BCUT2D eigenvalue weighted by Crippen LogP contribution is -2.26. The monoisotopic (exact) mass is 375 g/mol. The van der Waals surface area contributed by atoms with Crippen molar-refractivity contribution in [1.29, 1.82) is 0 Å². The van der Waals surface area contributed by atoms with Gasteiger partial charge in [-0.1, -0.05) is 6.07 Å². The maximum Gasteiger partial charge on any atom is 0.251 e. The van der Waals surface area contributed by atoms with Gasteiger partial charge in [0, 0.05) is 18.2 Å². The Balaban J connectivity index is 2.08. The van der Waals surface area contributed by atoms with Crippen molar-refractivity contribution in [2.45, 2.75) is 6.42 Å². The van der Waals surface area contributed by atoms with E-state index in [-0.39, 0.29) is 5.91 Å². The molecule has 0 aromatic heterocycles. The van der Waals surface area contributed by atoms with Gasteiger partial charge in [0.25, 0.3) is 5.91 Å². The molecule has 7 heteroatoms. The van der Waals surface area contributed by atoms with Crippen molar-refractivity contribution in [1.82, 2.24) is 5.32 Å². The lowest BCUT2D eigenvalue weighted by molar-refractivity contribution is 0.0953. The first-order chi connectivity index (χ1) is 13.1. The zero-order valence-electron chi connectivity index (χ0n) is 16.3. The number of methoxy groups -OCH3 is 5. The van der Waals surface area contributed by atoms with Gasteiger partial charge in [0.05, 0.1) is 35.5 Å². The van der Waals surface area contributed by atoms with Crippen LogP contribution in [0.4, 0.5) is 0 Å². The third-order valence-corrected chi connectivity index (χ3v) is 4.10. The molecule has 1 N–H and O–H groups in total. The molecule has 0 bridgehead atoms. The molecule has 0 aliphatic carbocycles. The van der Waals surface area contributed by atoms with Crippen LogP contribution in [0.15, 0.2) is 30.3 Å². The quantitative estimate of drug-likeness (QED) is 0.726. The summed E-state index contributed by atoms with van der Waals surface area (Å²) >= 11 is 0. The fourth-order valence-electron chi connectivity index (χ4n) is 2.68. The van der Waals surface area contributed by atoms with Crippen LogP contribution in [0.1, 0.15) is 15.9 Å². The second-order valence-corrected chi connectivity index (χ2v) is 5.60. The minimum absolute atomic E-state index is 0.235. The Morgan fingerprint density at radius 1 is 0.815 bits per heavy atom. The number of hydrogen-bond donors (Lipinski definition) is 1. The van der Waals surface area contributed by atoms with Crippen molar-refractivity contribution in [3.63, 3.8) is 0 Å². The van der Waals surface area contributed by atoms with Crippen LogP contribution in [0.3, 0.4) is 0 Å². The summed E-state index contributed by atoms with van der Waals surface area (Å²) in [7, 11) is 7.74. The van der Waals surface area contributed by atoms with E-state index >= 15 is 0 Å². The number of amides is 1. The van der Waals surface area contributed by atoms with E-state index in [0.29, 0.717) is 35.8 Å². The van der Waals surface area contributed by atoms with Gasteiger partial charge >= 0.3 is 0 Å². The van der Waals surface area contributed by atoms with Gasteiger partial charge in [0.2, 0.25) is 5.75 Å². The molecule has 2 aromatic rings. The van der Waals surface area contributed by atoms with E-state index in [1.54, 1.807) is 26.4 Å². The SMILES string of the molecule is COc1ccc(CCNC(=O)c2cc(OC)c(OC)c(OC)c2)c(OC)c1. The summed E-state index contributed by atoms with van der Waals surface area (Å²) < 4.78 is 26.4. The number of ether oxygens (including phenoxy) is 5. The Morgan fingerprint density at radius 2 is 1.44 bits per heavy atom. The van der Waals surface area contributed by atoms with E-state index in [1.165, 1.54) is 21.3 Å². The molecule has 0 spiro atoms. The third kappa shape index (κ3) is 4.75. The first kappa shape index (κ1) is 20.2. The first-order valence-corrected chi connectivity index (χ1v) is 8.37. The topological polar surface area (TPSA) is 75.3 Å². The number of hydrogen-bond acceptors (Lipinski definition) is 6. The summed E-state index contributed by atoms with van der Waals surface area (Å²) in [6.45, 7) is 0.443. The van der Waals surface area contributed by atoms with Gasteiger partial charge < -0.3 is 29.0 Å². The smallest absolute Gasteiger partial charge is 0.251 e. The highest BCUT2D eigenvalue weighted by Gasteiger charge is 2.17. The Hall–Kier alpha value is -3.09. The summed E-state index contributed by atoms with van der Waals surface area (Å²) in [5.41, 5.74) is 1.40. The molecule has 146 valence electrons. The normalized spacial score (nSPS) is 10.1. The molecule has 0 atom stereocenters. The standard InChI is InChI=1S/C20H25NO6/c1-23-15-7-6-13(16(12-15)24-2)8-9-21-20(22)14-10-17(25-3)19(27-5)18(11-14)26-4/h6-7,10-12H,8-9H2,1-5H3,(H,21,22). The van der Waals surface area contributed by atoms with E-state index in [9.17, 15) is 4.79 Å².